The van der Waals surface area contributed by atoms with E-state index >= 15 is 0 Å². The van der Waals surface area contributed by atoms with Crippen LogP contribution in [0.15, 0.2) is 41.0 Å². The molecule has 0 bridgehead atoms. The molecule has 5 nitrogen and oxygen atoms in total. The molecule has 0 saturated carbocycles. The normalized spacial score (nSPS) is 15.2. The van der Waals surface area contributed by atoms with Crippen LogP contribution in [0.5, 0.6) is 5.75 Å². The molecule has 0 atom stereocenters. The van der Waals surface area contributed by atoms with Gasteiger partial charge in [-0.3, -0.25) is 4.79 Å². The number of carbonyl (C=O) groups is 2. The summed E-state index contributed by atoms with van der Waals surface area (Å²) in [6, 6.07) is 5.11. The van der Waals surface area contributed by atoms with E-state index in [0.29, 0.717) is 6.20 Å². The molecule has 11 heteroatoms. The van der Waals surface area contributed by atoms with Crippen LogP contribution in [-0.2, 0) is 20.9 Å². The number of allylic oxidation sites excluding steroid dienone is 1. The number of esters is 1. The molecular weight excluding hydrogens is 372 g/mol. The van der Waals surface area contributed by atoms with Crippen LogP contribution in [0.25, 0.3) is 0 Å². The number of nitrogens with zero attached hydrogens (tertiary/aromatic N) is 1. The summed E-state index contributed by atoms with van der Waals surface area (Å²) in [4.78, 5) is 25.6. The van der Waals surface area contributed by atoms with E-state index in [2.05, 4.69) is 9.73 Å². The maximum atomic E-state index is 12.5. The van der Waals surface area contributed by atoms with E-state index in [9.17, 15) is 35.9 Å². The van der Waals surface area contributed by atoms with Crippen LogP contribution < -0.4 is 4.74 Å². The second kappa shape index (κ2) is 7.18. The number of benzene rings is 1. The molecule has 1 aliphatic rings. The molecule has 0 aliphatic carbocycles. The first-order valence-corrected chi connectivity index (χ1v) is 6.85. The van der Waals surface area contributed by atoms with Gasteiger partial charge in [0, 0.05) is 12.6 Å². The molecule has 26 heavy (non-hydrogen) atoms. The van der Waals surface area contributed by atoms with Gasteiger partial charge in [-0.05, 0) is 17.7 Å². The molecule has 0 N–H and O–H groups in total. The summed E-state index contributed by atoms with van der Waals surface area (Å²) in [5, 5.41) is 0. The third-order valence-corrected chi connectivity index (χ3v) is 3.01. The number of Topliss-reactive ketones (excluding diaryl/α,β-unsaturated/α-hetero) is 1. The van der Waals surface area contributed by atoms with Crippen molar-refractivity contribution < 1.29 is 45.4 Å². The van der Waals surface area contributed by atoms with Crippen LogP contribution >= 0.6 is 0 Å². The molecule has 0 amide bonds. The smallest absolute Gasteiger partial charge is 0.454 e. The van der Waals surface area contributed by atoms with Crippen LogP contribution in [0.4, 0.5) is 26.3 Å². The number of carbonyl (C=O) groups excluding carboxylic acids is 2. The van der Waals surface area contributed by atoms with E-state index in [0.717, 1.165) is 6.07 Å². The molecule has 0 saturated heterocycles. The molecular formula is C15H9F6NO4. The van der Waals surface area contributed by atoms with Crippen molar-refractivity contribution in [2.24, 2.45) is 4.99 Å². The summed E-state index contributed by atoms with van der Waals surface area (Å²) in [7, 11) is 0. The van der Waals surface area contributed by atoms with Crippen molar-refractivity contribution in [3.8, 4) is 5.75 Å². The van der Waals surface area contributed by atoms with Gasteiger partial charge in [-0.25, -0.2) is 9.79 Å². The SMILES string of the molecule is O=C1CC(C(F)(F)F)=CN=C1Oc1cccc(COC(=O)C(F)(F)F)c1. The van der Waals surface area contributed by atoms with Crippen LogP contribution in [0.2, 0.25) is 0 Å². The summed E-state index contributed by atoms with van der Waals surface area (Å²) >= 11 is 0. The average Bonchev–Trinajstić information content (AvgIpc) is 2.53. The number of alkyl halides is 6. The number of aliphatic imine (C=N–C) groups is 1. The Labute approximate surface area is 141 Å². The van der Waals surface area contributed by atoms with Crippen molar-refractivity contribution in [1.29, 1.82) is 0 Å². The summed E-state index contributed by atoms with van der Waals surface area (Å²) in [5.74, 6) is -4.04. The highest BCUT2D eigenvalue weighted by Crippen LogP contribution is 2.30. The number of ketones is 1. The Morgan fingerprint density at radius 2 is 1.85 bits per heavy atom. The van der Waals surface area contributed by atoms with E-state index in [1.807, 2.05) is 0 Å². The van der Waals surface area contributed by atoms with Crippen LogP contribution in [-0.4, -0.2) is 30.0 Å². The molecule has 0 radical (unpaired) electrons. The summed E-state index contributed by atoms with van der Waals surface area (Å²) < 4.78 is 82.8. The highest BCUT2D eigenvalue weighted by Gasteiger charge is 2.41. The zero-order valence-corrected chi connectivity index (χ0v) is 12.6. The zero-order valence-electron chi connectivity index (χ0n) is 12.6. The van der Waals surface area contributed by atoms with Gasteiger partial charge in [-0.1, -0.05) is 12.1 Å². The van der Waals surface area contributed by atoms with Crippen molar-refractivity contribution in [2.45, 2.75) is 25.4 Å². The third kappa shape index (κ3) is 5.07. The van der Waals surface area contributed by atoms with Gasteiger partial charge in [-0.2, -0.15) is 26.3 Å². The van der Waals surface area contributed by atoms with E-state index in [1.54, 1.807) is 0 Å². The predicted octanol–water partition coefficient (Wildman–Crippen LogP) is 3.49. The fourth-order valence-corrected chi connectivity index (χ4v) is 1.80. The lowest BCUT2D eigenvalue weighted by atomic mass is 10.1. The van der Waals surface area contributed by atoms with Crippen LogP contribution in [0.3, 0.4) is 0 Å². The molecule has 1 aromatic carbocycles. The van der Waals surface area contributed by atoms with Crippen LogP contribution in [0.1, 0.15) is 12.0 Å². The lowest BCUT2D eigenvalue weighted by Gasteiger charge is -2.15. The van der Waals surface area contributed by atoms with Crippen molar-refractivity contribution in [1.82, 2.24) is 0 Å². The van der Waals surface area contributed by atoms with Crippen molar-refractivity contribution in [3.63, 3.8) is 0 Å². The number of hydrogen-bond acceptors (Lipinski definition) is 5. The standard InChI is InChI=1S/C15H9F6NO4/c16-14(17,18)9-5-11(23)12(22-6-9)26-10-3-1-2-8(4-10)7-25-13(24)15(19,20)21/h1-4,6H,5,7H2. The highest BCUT2D eigenvalue weighted by molar-refractivity contribution is 6.38. The first kappa shape index (κ1) is 19.5. The maximum absolute atomic E-state index is 12.5. The summed E-state index contributed by atoms with van der Waals surface area (Å²) in [6.45, 7) is -0.714. The van der Waals surface area contributed by atoms with E-state index < -0.39 is 48.6 Å². The second-order valence-electron chi connectivity index (χ2n) is 5.01. The van der Waals surface area contributed by atoms with Gasteiger partial charge in [0.2, 0.25) is 5.78 Å². The van der Waals surface area contributed by atoms with E-state index in [1.165, 1.54) is 18.2 Å². The Kier molecular flexibility index (Phi) is 5.38. The van der Waals surface area contributed by atoms with Gasteiger partial charge in [0.05, 0.1) is 5.57 Å². The number of hydrogen-bond donors (Lipinski definition) is 0. The Bertz CT molecular complexity index is 779. The maximum Gasteiger partial charge on any atom is 0.490 e. The topological polar surface area (TPSA) is 65.0 Å². The number of rotatable bonds is 3. The quantitative estimate of drug-likeness (QED) is 0.594. The Balaban J connectivity index is 2.07. The molecule has 0 aromatic heterocycles. The zero-order chi connectivity index (χ0) is 19.5. The Morgan fingerprint density at radius 1 is 1.15 bits per heavy atom. The fraction of sp³-hybridized carbons (Fsp3) is 0.267. The molecule has 0 spiro atoms. The molecule has 2 rings (SSSR count). The minimum Gasteiger partial charge on any atom is -0.454 e. The fourth-order valence-electron chi connectivity index (χ4n) is 1.80. The molecule has 1 heterocycles. The van der Waals surface area contributed by atoms with Crippen molar-refractivity contribution >= 4 is 17.7 Å². The van der Waals surface area contributed by atoms with Gasteiger partial charge in [0.1, 0.15) is 12.4 Å². The van der Waals surface area contributed by atoms with Gasteiger partial charge in [0.25, 0.3) is 5.90 Å². The van der Waals surface area contributed by atoms with Crippen molar-refractivity contribution in [3.05, 3.63) is 41.6 Å². The molecule has 1 aliphatic heterocycles. The molecule has 0 fully saturated rings. The molecule has 0 unspecified atom stereocenters. The monoisotopic (exact) mass is 381 g/mol. The van der Waals surface area contributed by atoms with Gasteiger partial charge in [-0.15, -0.1) is 0 Å². The minimum absolute atomic E-state index is 0.0680. The Morgan fingerprint density at radius 3 is 2.42 bits per heavy atom. The predicted molar refractivity (Wildman–Crippen MR) is 74.1 cm³/mol. The average molecular weight is 381 g/mol. The van der Waals surface area contributed by atoms with E-state index in [4.69, 9.17) is 4.74 Å². The highest BCUT2D eigenvalue weighted by atomic mass is 19.4. The lowest BCUT2D eigenvalue weighted by molar-refractivity contribution is -0.201. The second-order valence-corrected chi connectivity index (χ2v) is 5.01. The lowest BCUT2D eigenvalue weighted by Crippen LogP contribution is -2.27. The first-order chi connectivity index (χ1) is 12.0. The third-order valence-electron chi connectivity index (χ3n) is 3.01. The van der Waals surface area contributed by atoms with Gasteiger partial charge >= 0.3 is 18.3 Å². The largest absolute Gasteiger partial charge is 0.490 e. The summed E-state index contributed by atoms with van der Waals surface area (Å²) in [5.41, 5.74) is -1.02. The van der Waals surface area contributed by atoms with Crippen molar-refractivity contribution in [2.75, 3.05) is 0 Å². The van der Waals surface area contributed by atoms with Gasteiger partial charge < -0.3 is 9.47 Å². The summed E-state index contributed by atoms with van der Waals surface area (Å²) in [6.07, 6.45) is -10.3. The van der Waals surface area contributed by atoms with Crippen LogP contribution in [0, 0.1) is 0 Å². The van der Waals surface area contributed by atoms with Gasteiger partial charge in [0.15, 0.2) is 0 Å². The number of ether oxygens (including phenoxy) is 2. The molecule has 1 aromatic rings. The minimum atomic E-state index is -5.14. The molecule has 140 valence electrons. The Hall–Kier alpha value is -2.85. The number of halogens is 6. The van der Waals surface area contributed by atoms with E-state index in [-0.39, 0.29) is 11.3 Å². The first-order valence-electron chi connectivity index (χ1n) is 6.85.